The Morgan fingerprint density at radius 2 is 1.25 bits per heavy atom. The fraction of sp³-hybridized carbons (Fsp3) is 0.829. The first-order valence-electron chi connectivity index (χ1n) is 17.5. The van der Waals surface area contributed by atoms with Crippen molar-refractivity contribution >= 4 is 0 Å². The average molecular weight is 684 g/mol. The second-order valence-corrected chi connectivity index (χ2v) is 12.7. The molecule has 0 aromatic heterocycles. The van der Waals surface area contributed by atoms with Crippen molar-refractivity contribution < 1.29 is 57.2 Å². The molecule has 4 aliphatic rings. The van der Waals surface area contributed by atoms with Gasteiger partial charge in [0, 0.05) is 18.7 Å². The molecule has 0 amide bonds. The molecule has 1 unspecified atom stereocenters. The summed E-state index contributed by atoms with van der Waals surface area (Å²) < 4.78 is 62.4. The SMILES string of the molecule is COCCOCCOCCOCCOCCOCCOCCOCCO[C@H]1CC[C@@]2(O)C3Cc4ccc(OC)c5c4[C@@]2(CCN3C)[C@H]1O5. The van der Waals surface area contributed by atoms with Gasteiger partial charge in [-0.1, -0.05) is 6.07 Å². The first-order valence-corrected chi connectivity index (χ1v) is 17.5. The zero-order chi connectivity index (χ0) is 33.7. The maximum absolute atomic E-state index is 12.3. The number of aliphatic hydroxyl groups is 1. The Bertz CT molecular complexity index is 1100. The van der Waals surface area contributed by atoms with E-state index >= 15 is 0 Å². The summed E-state index contributed by atoms with van der Waals surface area (Å²) in [4.78, 5) is 2.33. The predicted molar refractivity (Wildman–Crippen MR) is 175 cm³/mol. The molecular weight excluding hydrogens is 626 g/mol. The number of piperidine rings is 1. The van der Waals surface area contributed by atoms with Crippen molar-refractivity contribution in [1.29, 1.82) is 0 Å². The lowest BCUT2D eigenvalue weighted by atomic mass is 9.48. The van der Waals surface area contributed by atoms with Crippen LogP contribution < -0.4 is 9.47 Å². The summed E-state index contributed by atoms with van der Waals surface area (Å²) in [5.41, 5.74) is 1.06. The van der Waals surface area contributed by atoms with Crippen LogP contribution in [0.5, 0.6) is 11.5 Å². The maximum Gasteiger partial charge on any atom is 0.166 e. The molecule has 2 heterocycles. The van der Waals surface area contributed by atoms with Crippen LogP contribution in [0.15, 0.2) is 12.1 Å². The summed E-state index contributed by atoms with van der Waals surface area (Å²) in [6, 6.07) is 4.22. The van der Waals surface area contributed by atoms with Gasteiger partial charge in [-0.2, -0.15) is 0 Å². The zero-order valence-corrected chi connectivity index (χ0v) is 29.1. The highest BCUT2D eigenvalue weighted by Crippen LogP contribution is 2.65. The number of likely N-dealkylation sites (tertiary alicyclic amines) is 1. The summed E-state index contributed by atoms with van der Waals surface area (Å²) in [7, 11) is 5.45. The third kappa shape index (κ3) is 8.63. The van der Waals surface area contributed by atoms with Crippen molar-refractivity contribution in [2.45, 2.75) is 54.9 Å². The molecule has 0 radical (unpaired) electrons. The molecule has 5 rings (SSSR count). The van der Waals surface area contributed by atoms with E-state index < -0.39 is 11.0 Å². The van der Waals surface area contributed by atoms with E-state index in [9.17, 15) is 5.11 Å². The van der Waals surface area contributed by atoms with Crippen molar-refractivity contribution in [3.8, 4) is 11.5 Å². The van der Waals surface area contributed by atoms with Gasteiger partial charge in [0.1, 0.15) is 6.10 Å². The third-order valence-corrected chi connectivity index (χ3v) is 10.1. The van der Waals surface area contributed by atoms with Crippen LogP contribution in [-0.4, -0.2) is 167 Å². The molecule has 2 aliphatic carbocycles. The van der Waals surface area contributed by atoms with Gasteiger partial charge in [0.05, 0.1) is 130 Å². The summed E-state index contributed by atoms with van der Waals surface area (Å²) in [5.74, 6) is 1.52. The molecule has 1 aromatic carbocycles. The minimum Gasteiger partial charge on any atom is -0.493 e. The van der Waals surface area contributed by atoms with Gasteiger partial charge < -0.3 is 62.1 Å². The topological polar surface area (TPSA) is 125 Å². The number of methoxy groups -OCH3 is 2. The molecule has 1 saturated heterocycles. The van der Waals surface area contributed by atoms with Crippen LogP contribution >= 0.6 is 0 Å². The smallest absolute Gasteiger partial charge is 0.166 e. The molecular formula is C35H57NO12. The van der Waals surface area contributed by atoms with E-state index in [1.807, 2.05) is 6.07 Å². The van der Waals surface area contributed by atoms with Gasteiger partial charge >= 0.3 is 0 Å². The lowest BCUT2D eigenvalue weighted by molar-refractivity contribution is -0.213. The van der Waals surface area contributed by atoms with E-state index in [0.29, 0.717) is 112 Å². The highest BCUT2D eigenvalue weighted by molar-refractivity contribution is 5.62. The first kappa shape index (κ1) is 37.6. The summed E-state index contributed by atoms with van der Waals surface area (Å²) in [5, 5.41) is 12.3. The molecule has 13 nitrogen and oxygen atoms in total. The molecule has 2 fully saturated rings. The molecule has 13 heteroatoms. The Morgan fingerprint density at radius 1 is 0.729 bits per heavy atom. The predicted octanol–water partition coefficient (Wildman–Crippen LogP) is 1.63. The normalized spacial score (nSPS) is 27.2. The van der Waals surface area contributed by atoms with Crippen LogP contribution in [0.1, 0.15) is 30.4 Å². The lowest BCUT2D eigenvalue weighted by Gasteiger charge is -2.63. The van der Waals surface area contributed by atoms with Crippen LogP contribution in [0.2, 0.25) is 0 Å². The zero-order valence-electron chi connectivity index (χ0n) is 29.1. The van der Waals surface area contributed by atoms with Crippen LogP contribution in [-0.2, 0) is 54.5 Å². The Balaban J connectivity index is 0.870. The molecule has 1 aromatic rings. The summed E-state index contributed by atoms with van der Waals surface area (Å²) in [6.45, 7) is 9.16. The number of benzene rings is 1. The fourth-order valence-electron chi connectivity index (χ4n) is 7.85. The molecule has 2 bridgehead atoms. The third-order valence-electron chi connectivity index (χ3n) is 10.1. The second kappa shape index (κ2) is 19.1. The summed E-state index contributed by atoms with van der Waals surface area (Å²) >= 11 is 0. The van der Waals surface area contributed by atoms with Crippen LogP contribution in [0.4, 0.5) is 0 Å². The Kier molecular flexibility index (Phi) is 15.0. The van der Waals surface area contributed by atoms with Gasteiger partial charge in [0.15, 0.2) is 11.5 Å². The van der Waals surface area contributed by atoms with Gasteiger partial charge in [0.2, 0.25) is 0 Å². The van der Waals surface area contributed by atoms with E-state index in [-0.39, 0.29) is 18.2 Å². The first-order chi connectivity index (χ1) is 23.6. The standard InChI is InChI=1S/C35H57NO12/c1-36-9-8-34-31-27-4-5-28(39-3)32(31)48-33(34)29(6-7-35(34,37)30(36)26-27)47-25-24-46-23-22-45-21-20-44-19-18-43-17-16-42-15-14-41-13-12-40-11-10-38-2/h4-5,29-30,33,37H,6-26H2,1-3H3/t29-,30?,33-,34-,35+/m0/s1. The Labute approximate surface area is 285 Å². The van der Waals surface area contributed by atoms with Gasteiger partial charge in [-0.15, -0.1) is 0 Å². The van der Waals surface area contributed by atoms with Crippen molar-refractivity contribution in [3.63, 3.8) is 0 Å². The minimum absolute atomic E-state index is 0.0669. The van der Waals surface area contributed by atoms with Crippen LogP contribution in [0, 0.1) is 0 Å². The van der Waals surface area contributed by atoms with Gasteiger partial charge in [-0.25, -0.2) is 0 Å². The Hall–Kier alpha value is -1.62. The van der Waals surface area contributed by atoms with E-state index in [1.165, 1.54) is 5.56 Å². The molecule has 1 saturated carbocycles. The fourth-order valence-corrected chi connectivity index (χ4v) is 7.85. The Morgan fingerprint density at radius 3 is 1.77 bits per heavy atom. The van der Waals surface area contributed by atoms with E-state index in [0.717, 1.165) is 42.9 Å². The van der Waals surface area contributed by atoms with Gasteiger partial charge in [-0.05, 0) is 50.9 Å². The number of ether oxygens (including phenoxy) is 11. The quantitative estimate of drug-likeness (QED) is 0.142. The van der Waals surface area contributed by atoms with Crippen molar-refractivity contribution in [1.82, 2.24) is 4.90 Å². The average Bonchev–Trinajstić information content (AvgIpc) is 3.45. The molecule has 1 N–H and O–H groups in total. The monoisotopic (exact) mass is 683 g/mol. The summed E-state index contributed by atoms with van der Waals surface area (Å²) in [6.07, 6.45) is 2.69. The van der Waals surface area contributed by atoms with Crippen molar-refractivity contribution in [2.24, 2.45) is 0 Å². The number of hydrogen-bond donors (Lipinski definition) is 1. The van der Waals surface area contributed by atoms with Crippen LogP contribution in [0.25, 0.3) is 0 Å². The largest absolute Gasteiger partial charge is 0.493 e. The number of nitrogens with zero attached hydrogens (tertiary/aromatic N) is 1. The molecule has 48 heavy (non-hydrogen) atoms. The molecule has 2 aliphatic heterocycles. The van der Waals surface area contributed by atoms with Gasteiger partial charge in [0.25, 0.3) is 0 Å². The van der Waals surface area contributed by atoms with E-state index in [2.05, 4.69) is 18.0 Å². The van der Waals surface area contributed by atoms with E-state index in [1.54, 1.807) is 14.2 Å². The minimum atomic E-state index is -0.855. The molecule has 1 spiro atoms. The molecule has 274 valence electrons. The number of likely N-dealkylation sites (N-methyl/N-ethyl adjacent to an activating group) is 1. The number of rotatable bonds is 26. The highest BCUT2D eigenvalue weighted by Gasteiger charge is 2.72. The van der Waals surface area contributed by atoms with E-state index in [4.69, 9.17) is 52.1 Å². The van der Waals surface area contributed by atoms with Crippen molar-refractivity contribution in [3.05, 3.63) is 23.3 Å². The van der Waals surface area contributed by atoms with Gasteiger partial charge in [-0.3, -0.25) is 0 Å². The number of hydrogen-bond acceptors (Lipinski definition) is 13. The van der Waals surface area contributed by atoms with Crippen LogP contribution in [0.3, 0.4) is 0 Å². The second-order valence-electron chi connectivity index (χ2n) is 12.7. The highest BCUT2D eigenvalue weighted by atomic mass is 16.6. The van der Waals surface area contributed by atoms with Crippen molar-refractivity contribution in [2.75, 3.05) is 134 Å². The maximum atomic E-state index is 12.3. The lowest BCUT2D eigenvalue weighted by Crippen LogP contribution is -2.76. The molecule has 5 atom stereocenters.